The van der Waals surface area contributed by atoms with Gasteiger partial charge in [-0.05, 0) is 13.8 Å². The standard InChI is InChI=1S/C12H20N2O4/c1-9(15)13-4-6-14(7-5-13)10(16)8-12(2,3)11(17)18/h4-8H2,1-3H3,(H,17,18). The highest BCUT2D eigenvalue weighted by atomic mass is 16.4. The van der Waals surface area contributed by atoms with Crippen molar-refractivity contribution in [3.63, 3.8) is 0 Å². The molecule has 1 saturated heterocycles. The van der Waals surface area contributed by atoms with Gasteiger partial charge in [0.2, 0.25) is 11.8 Å². The molecule has 0 saturated carbocycles. The van der Waals surface area contributed by atoms with E-state index in [1.807, 2.05) is 0 Å². The molecule has 2 amide bonds. The fourth-order valence-electron chi connectivity index (χ4n) is 1.84. The predicted octanol–water partition coefficient (Wildman–Crippen LogP) is 0.178. The maximum atomic E-state index is 12.0. The van der Waals surface area contributed by atoms with Crippen LogP contribution in [-0.4, -0.2) is 58.9 Å². The van der Waals surface area contributed by atoms with Gasteiger partial charge in [0.05, 0.1) is 5.41 Å². The second-order valence-corrected chi connectivity index (χ2v) is 5.25. The van der Waals surface area contributed by atoms with Gasteiger partial charge in [-0.3, -0.25) is 14.4 Å². The number of piperazine rings is 1. The molecule has 0 aromatic carbocycles. The zero-order valence-electron chi connectivity index (χ0n) is 11.1. The highest BCUT2D eigenvalue weighted by Crippen LogP contribution is 2.22. The first-order valence-corrected chi connectivity index (χ1v) is 6.01. The number of carboxylic acid groups (broad SMARTS) is 1. The highest BCUT2D eigenvalue weighted by Gasteiger charge is 2.33. The van der Waals surface area contributed by atoms with E-state index in [4.69, 9.17) is 5.11 Å². The van der Waals surface area contributed by atoms with Crippen LogP contribution < -0.4 is 0 Å². The van der Waals surface area contributed by atoms with Crippen LogP contribution in [0.5, 0.6) is 0 Å². The lowest BCUT2D eigenvalue weighted by Crippen LogP contribution is -2.51. The molecule has 1 fully saturated rings. The Morgan fingerprint density at radius 3 is 1.89 bits per heavy atom. The molecule has 1 rings (SSSR count). The van der Waals surface area contributed by atoms with E-state index in [9.17, 15) is 14.4 Å². The normalized spacial score (nSPS) is 16.6. The minimum absolute atomic E-state index is 0.00737. The molecule has 0 aromatic heterocycles. The van der Waals surface area contributed by atoms with Crippen LogP contribution in [0.3, 0.4) is 0 Å². The number of hydrogen-bond donors (Lipinski definition) is 1. The first-order valence-electron chi connectivity index (χ1n) is 6.01. The minimum Gasteiger partial charge on any atom is -0.481 e. The molecule has 18 heavy (non-hydrogen) atoms. The van der Waals surface area contributed by atoms with Crippen molar-refractivity contribution in [2.45, 2.75) is 27.2 Å². The van der Waals surface area contributed by atoms with E-state index in [0.717, 1.165) is 0 Å². The molecule has 0 bridgehead atoms. The predicted molar refractivity (Wildman–Crippen MR) is 64.9 cm³/mol. The van der Waals surface area contributed by atoms with Crippen LogP contribution in [0, 0.1) is 5.41 Å². The van der Waals surface area contributed by atoms with Crippen molar-refractivity contribution in [2.75, 3.05) is 26.2 Å². The van der Waals surface area contributed by atoms with Crippen LogP contribution in [0.4, 0.5) is 0 Å². The SMILES string of the molecule is CC(=O)N1CCN(C(=O)CC(C)(C)C(=O)O)CC1. The molecule has 6 heteroatoms. The molecule has 1 N–H and O–H groups in total. The molecule has 1 aliphatic heterocycles. The van der Waals surface area contributed by atoms with Crippen LogP contribution in [0.15, 0.2) is 0 Å². The lowest BCUT2D eigenvalue weighted by molar-refractivity contribution is -0.152. The molecule has 1 aliphatic rings. The van der Waals surface area contributed by atoms with Crippen molar-refractivity contribution < 1.29 is 19.5 Å². The van der Waals surface area contributed by atoms with E-state index in [0.29, 0.717) is 26.2 Å². The van der Waals surface area contributed by atoms with E-state index >= 15 is 0 Å². The van der Waals surface area contributed by atoms with Crippen molar-refractivity contribution in [1.82, 2.24) is 9.80 Å². The lowest BCUT2D eigenvalue weighted by atomic mass is 9.89. The summed E-state index contributed by atoms with van der Waals surface area (Å²) in [6.07, 6.45) is -0.0115. The Balaban J connectivity index is 2.51. The van der Waals surface area contributed by atoms with E-state index in [-0.39, 0.29) is 18.2 Å². The molecule has 0 spiro atoms. The Morgan fingerprint density at radius 1 is 1.06 bits per heavy atom. The number of nitrogens with zero attached hydrogens (tertiary/aromatic N) is 2. The molecule has 0 atom stereocenters. The molecule has 0 radical (unpaired) electrons. The third-order valence-electron chi connectivity index (χ3n) is 3.25. The zero-order chi connectivity index (χ0) is 13.9. The minimum atomic E-state index is -1.05. The highest BCUT2D eigenvalue weighted by molar-refractivity contribution is 5.84. The van der Waals surface area contributed by atoms with Gasteiger partial charge in [0.15, 0.2) is 0 Å². The average Bonchev–Trinajstić information content (AvgIpc) is 2.28. The van der Waals surface area contributed by atoms with Crippen LogP contribution in [-0.2, 0) is 14.4 Å². The summed E-state index contributed by atoms with van der Waals surface area (Å²) >= 11 is 0. The van der Waals surface area contributed by atoms with E-state index in [1.54, 1.807) is 23.6 Å². The molecule has 1 heterocycles. The topological polar surface area (TPSA) is 77.9 Å². The number of rotatable bonds is 3. The summed E-state index contributed by atoms with van der Waals surface area (Å²) in [5.74, 6) is -1.13. The Bertz CT molecular complexity index is 357. The van der Waals surface area contributed by atoms with Gasteiger partial charge in [0.25, 0.3) is 0 Å². The van der Waals surface area contributed by atoms with Crippen LogP contribution >= 0.6 is 0 Å². The summed E-state index contributed by atoms with van der Waals surface area (Å²) < 4.78 is 0. The van der Waals surface area contributed by atoms with Crippen molar-refractivity contribution in [3.8, 4) is 0 Å². The second kappa shape index (κ2) is 5.37. The van der Waals surface area contributed by atoms with Crippen molar-refractivity contribution in [3.05, 3.63) is 0 Å². The molecule has 0 unspecified atom stereocenters. The maximum Gasteiger partial charge on any atom is 0.309 e. The number of amides is 2. The molecule has 0 aliphatic carbocycles. The summed E-state index contributed by atoms with van der Waals surface area (Å²) in [5, 5.41) is 8.98. The Labute approximate surface area is 107 Å². The third kappa shape index (κ3) is 3.45. The first-order chi connectivity index (χ1) is 8.24. The van der Waals surface area contributed by atoms with Gasteiger partial charge < -0.3 is 14.9 Å². The Hall–Kier alpha value is -1.59. The third-order valence-corrected chi connectivity index (χ3v) is 3.25. The summed E-state index contributed by atoms with van der Waals surface area (Å²) in [6, 6.07) is 0. The van der Waals surface area contributed by atoms with Gasteiger partial charge in [-0.25, -0.2) is 0 Å². The number of aliphatic carboxylic acids is 1. The van der Waals surface area contributed by atoms with Crippen molar-refractivity contribution >= 4 is 17.8 Å². The van der Waals surface area contributed by atoms with E-state index in [2.05, 4.69) is 0 Å². The van der Waals surface area contributed by atoms with E-state index < -0.39 is 11.4 Å². The van der Waals surface area contributed by atoms with Gasteiger partial charge >= 0.3 is 5.97 Å². The van der Waals surface area contributed by atoms with Crippen LogP contribution in [0.1, 0.15) is 27.2 Å². The zero-order valence-corrected chi connectivity index (χ0v) is 11.1. The molecule has 102 valence electrons. The molecular weight excluding hydrogens is 236 g/mol. The smallest absolute Gasteiger partial charge is 0.309 e. The monoisotopic (exact) mass is 256 g/mol. The van der Waals surface area contributed by atoms with Gasteiger partial charge in [-0.1, -0.05) is 0 Å². The van der Waals surface area contributed by atoms with E-state index in [1.165, 1.54) is 6.92 Å². The van der Waals surface area contributed by atoms with Crippen molar-refractivity contribution in [2.24, 2.45) is 5.41 Å². The van der Waals surface area contributed by atoms with Crippen LogP contribution in [0.2, 0.25) is 0 Å². The number of hydrogen-bond acceptors (Lipinski definition) is 3. The van der Waals surface area contributed by atoms with Gasteiger partial charge in [-0.2, -0.15) is 0 Å². The fourth-order valence-corrected chi connectivity index (χ4v) is 1.84. The van der Waals surface area contributed by atoms with Crippen LogP contribution in [0.25, 0.3) is 0 Å². The lowest BCUT2D eigenvalue weighted by Gasteiger charge is -2.35. The van der Waals surface area contributed by atoms with Crippen molar-refractivity contribution in [1.29, 1.82) is 0 Å². The van der Waals surface area contributed by atoms with Gasteiger partial charge in [-0.15, -0.1) is 0 Å². The Morgan fingerprint density at radius 2 is 1.50 bits per heavy atom. The maximum absolute atomic E-state index is 12.0. The number of carboxylic acids is 1. The molecule has 0 aromatic rings. The number of carbonyl (C=O) groups excluding carboxylic acids is 2. The average molecular weight is 256 g/mol. The summed E-state index contributed by atoms with van der Waals surface area (Å²) in [4.78, 5) is 37.4. The summed E-state index contributed by atoms with van der Waals surface area (Å²) in [7, 11) is 0. The second-order valence-electron chi connectivity index (χ2n) is 5.25. The molecular formula is C12H20N2O4. The molecule has 6 nitrogen and oxygen atoms in total. The largest absolute Gasteiger partial charge is 0.481 e. The number of carbonyl (C=O) groups is 3. The van der Waals surface area contributed by atoms with Gasteiger partial charge in [0.1, 0.15) is 0 Å². The quantitative estimate of drug-likeness (QED) is 0.781. The summed E-state index contributed by atoms with van der Waals surface area (Å²) in [5.41, 5.74) is -1.05. The fraction of sp³-hybridized carbons (Fsp3) is 0.750. The summed E-state index contributed by atoms with van der Waals surface area (Å²) in [6.45, 7) is 6.59. The first kappa shape index (κ1) is 14.5. The van der Waals surface area contributed by atoms with Gasteiger partial charge in [0, 0.05) is 39.5 Å². The Kier molecular flexibility index (Phi) is 4.32.